The Balaban J connectivity index is 2.55. The Hall–Kier alpha value is -1.92. The summed E-state index contributed by atoms with van der Waals surface area (Å²) in [5.41, 5.74) is 3.15. The van der Waals surface area contributed by atoms with Gasteiger partial charge >= 0.3 is 0 Å². The van der Waals surface area contributed by atoms with Crippen LogP contribution < -0.4 is 11.3 Å². The summed E-state index contributed by atoms with van der Waals surface area (Å²) in [5.74, 6) is 0.477. The summed E-state index contributed by atoms with van der Waals surface area (Å²) in [6, 6.07) is 4.86. The minimum Gasteiger partial charge on any atom is -0.271 e. The van der Waals surface area contributed by atoms with Gasteiger partial charge in [0.05, 0.1) is 6.04 Å². The van der Waals surface area contributed by atoms with E-state index in [1.54, 1.807) is 13.0 Å². The lowest BCUT2D eigenvalue weighted by molar-refractivity contribution is 0.442. The Kier molecular flexibility index (Phi) is 4.06. The van der Waals surface area contributed by atoms with Crippen LogP contribution in [0.2, 0.25) is 0 Å². The van der Waals surface area contributed by atoms with E-state index in [1.165, 1.54) is 12.1 Å². The molecule has 3 N–H and O–H groups in total. The van der Waals surface area contributed by atoms with E-state index in [1.807, 2.05) is 0 Å². The third-order valence-corrected chi connectivity index (χ3v) is 2.97. The Morgan fingerprint density at radius 3 is 2.10 bits per heavy atom. The highest BCUT2D eigenvalue weighted by Gasteiger charge is 2.20. The molecule has 0 saturated heterocycles. The van der Waals surface area contributed by atoms with Crippen LogP contribution >= 0.6 is 0 Å². The second-order valence-corrected chi connectivity index (χ2v) is 4.42. The molecule has 0 aliphatic rings. The van der Waals surface area contributed by atoms with Crippen molar-refractivity contribution in [1.29, 1.82) is 0 Å². The van der Waals surface area contributed by atoms with Crippen LogP contribution in [0.15, 0.2) is 30.3 Å². The van der Waals surface area contributed by atoms with Crippen LogP contribution in [0.25, 0.3) is 0 Å². The molecule has 106 valence electrons. The van der Waals surface area contributed by atoms with E-state index in [0.29, 0.717) is 0 Å². The first-order valence-electron chi connectivity index (χ1n) is 5.80. The maximum atomic E-state index is 13.8. The third-order valence-electron chi connectivity index (χ3n) is 2.97. The van der Waals surface area contributed by atoms with Crippen molar-refractivity contribution < 1.29 is 17.6 Å². The van der Waals surface area contributed by atoms with Gasteiger partial charge in [-0.25, -0.2) is 23.0 Å². The average molecular weight is 284 g/mol. The fraction of sp³-hybridized carbons (Fsp3) is 0.143. The van der Waals surface area contributed by atoms with E-state index in [2.05, 4.69) is 5.43 Å². The molecular weight excluding hydrogens is 272 g/mol. The molecule has 0 spiro atoms. The first kappa shape index (κ1) is 14.5. The third kappa shape index (κ3) is 2.66. The molecule has 20 heavy (non-hydrogen) atoms. The average Bonchev–Trinajstić information content (AvgIpc) is 2.40. The fourth-order valence-corrected chi connectivity index (χ4v) is 1.99. The minimum atomic E-state index is -1.57. The van der Waals surface area contributed by atoms with Gasteiger partial charge in [-0.15, -0.1) is 0 Å². The summed E-state index contributed by atoms with van der Waals surface area (Å²) in [6.45, 7) is 1.74. The number of hydrazine groups is 1. The molecule has 6 heteroatoms. The van der Waals surface area contributed by atoms with Crippen molar-refractivity contribution in [1.82, 2.24) is 5.43 Å². The van der Waals surface area contributed by atoms with Crippen LogP contribution in [0.3, 0.4) is 0 Å². The minimum absolute atomic E-state index is 0.00611. The number of halogens is 4. The highest BCUT2D eigenvalue weighted by molar-refractivity contribution is 5.35. The number of rotatable bonds is 3. The summed E-state index contributed by atoms with van der Waals surface area (Å²) in [6.07, 6.45) is 0. The molecule has 0 radical (unpaired) electrons. The van der Waals surface area contributed by atoms with Crippen molar-refractivity contribution in [2.45, 2.75) is 13.0 Å². The Morgan fingerprint density at radius 1 is 0.950 bits per heavy atom. The van der Waals surface area contributed by atoms with Gasteiger partial charge in [0.25, 0.3) is 0 Å². The predicted octanol–water partition coefficient (Wildman–Crippen LogP) is 3.10. The van der Waals surface area contributed by atoms with Crippen LogP contribution in [0, 0.1) is 30.2 Å². The molecule has 0 amide bonds. The maximum absolute atomic E-state index is 13.8. The Bertz CT molecular complexity index is 620. The van der Waals surface area contributed by atoms with Crippen molar-refractivity contribution in [2.24, 2.45) is 5.84 Å². The zero-order valence-corrected chi connectivity index (χ0v) is 10.6. The van der Waals surface area contributed by atoms with E-state index in [9.17, 15) is 17.6 Å². The first-order valence-corrected chi connectivity index (χ1v) is 5.80. The molecule has 2 nitrogen and oxygen atoms in total. The van der Waals surface area contributed by atoms with Crippen molar-refractivity contribution in [3.8, 4) is 0 Å². The van der Waals surface area contributed by atoms with E-state index >= 15 is 0 Å². The molecule has 0 aliphatic heterocycles. The molecule has 0 fully saturated rings. The Labute approximate surface area is 113 Å². The van der Waals surface area contributed by atoms with Gasteiger partial charge in [0, 0.05) is 5.56 Å². The van der Waals surface area contributed by atoms with Crippen LogP contribution in [0.4, 0.5) is 17.6 Å². The van der Waals surface area contributed by atoms with Crippen LogP contribution in [0.5, 0.6) is 0 Å². The van der Waals surface area contributed by atoms with Crippen LogP contribution in [0.1, 0.15) is 22.7 Å². The highest BCUT2D eigenvalue weighted by Crippen LogP contribution is 2.27. The maximum Gasteiger partial charge on any atom is 0.194 e. The van der Waals surface area contributed by atoms with Crippen molar-refractivity contribution in [3.63, 3.8) is 0 Å². The summed E-state index contributed by atoms with van der Waals surface area (Å²) >= 11 is 0. The summed E-state index contributed by atoms with van der Waals surface area (Å²) in [5, 5.41) is 0. The van der Waals surface area contributed by atoms with Crippen LogP contribution in [-0.4, -0.2) is 0 Å². The molecular formula is C14H12F4N2. The number of aryl methyl sites for hydroxylation is 1. The van der Waals surface area contributed by atoms with E-state index in [-0.39, 0.29) is 11.1 Å². The van der Waals surface area contributed by atoms with Gasteiger partial charge in [0.15, 0.2) is 17.5 Å². The lowest BCUT2D eigenvalue weighted by Gasteiger charge is -2.18. The normalized spacial score (nSPS) is 12.5. The summed E-state index contributed by atoms with van der Waals surface area (Å²) < 4.78 is 53.3. The lowest BCUT2D eigenvalue weighted by Crippen LogP contribution is -2.30. The molecule has 1 atom stereocenters. The van der Waals surface area contributed by atoms with Crippen molar-refractivity contribution in [3.05, 3.63) is 70.3 Å². The molecule has 0 aliphatic carbocycles. The molecule has 2 aromatic carbocycles. The summed E-state index contributed by atoms with van der Waals surface area (Å²) in [7, 11) is 0. The smallest absolute Gasteiger partial charge is 0.194 e. The zero-order valence-electron chi connectivity index (χ0n) is 10.6. The number of hydrogen-bond donors (Lipinski definition) is 2. The van der Waals surface area contributed by atoms with E-state index < -0.39 is 29.3 Å². The van der Waals surface area contributed by atoms with Gasteiger partial charge in [-0.3, -0.25) is 5.84 Å². The molecule has 2 rings (SSSR count). The molecule has 0 saturated carbocycles. The largest absolute Gasteiger partial charge is 0.271 e. The number of hydrogen-bond acceptors (Lipinski definition) is 2. The predicted molar refractivity (Wildman–Crippen MR) is 66.6 cm³/mol. The van der Waals surface area contributed by atoms with Gasteiger partial charge in [-0.2, -0.15) is 0 Å². The van der Waals surface area contributed by atoms with Crippen molar-refractivity contribution >= 4 is 0 Å². The first-order chi connectivity index (χ1) is 9.43. The van der Waals surface area contributed by atoms with Gasteiger partial charge in [0.1, 0.15) is 5.82 Å². The van der Waals surface area contributed by atoms with Crippen molar-refractivity contribution in [2.75, 3.05) is 0 Å². The molecule has 0 heterocycles. The molecule has 0 bridgehead atoms. The highest BCUT2D eigenvalue weighted by atomic mass is 19.2. The molecule has 1 unspecified atom stereocenters. The molecule has 0 aromatic heterocycles. The van der Waals surface area contributed by atoms with Gasteiger partial charge < -0.3 is 0 Å². The summed E-state index contributed by atoms with van der Waals surface area (Å²) in [4.78, 5) is 0. The second-order valence-electron chi connectivity index (χ2n) is 4.42. The SMILES string of the molecule is Cc1ccc(F)c(C(NN)c2cc(F)c(F)c(F)c2)c1. The topological polar surface area (TPSA) is 38.0 Å². The Morgan fingerprint density at radius 2 is 1.55 bits per heavy atom. The quantitative estimate of drug-likeness (QED) is 0.393. The van der Waals surface area contributed by atoms with E-state index in [0.717, 1.165) is 17.7 Å². The number of nitrogens with one attached hydrogen (secondary N) is 1. The van der Waals surface area contributed by atoms with E-state index in [4.69, 9.17) is 5.84 Å². The van der Waals surface area contributed by atoms with Crippen LogP contribution in [-0.2, 0) is 0 Å². The number of nitrogens with two attached hydrogens (primary N) is 1. The van der Waals surface area contributed by atoms with Gasteiger partial charge in [-0.05, 0) is 30.7 Å². The van der Waals surface area contributed by atoms with Gasteiger partial charge in [0.2, 0.25) is 0 Å². The second kappa shape index (κ2) is 5.60. The lowest BCUT2D eigenvalue weighted by atomic mass is 9.97. The zero-order chi connectivity index (χ0) is 14.9. The number of benzene rings is 2. The fourth-order valence-electron chi connectivity index (χ4n) is 1.99. The van der Waals surface area contributed by atoms with Gasteiger partial charge in [-0.1, -0.05) is 17.7 Å². The molecule has 2 aromatic rings. The standard InChI is InChI=1S/C14H12F4N2/c1-7-2-3-10(15)9(4-7)14(20-19)8-5-11(16)13(18)12(17)6-8/h2-6,14,20H,19H2,1H3. The monoisotopic (exact) mass is 284 g/mol.